The van der Waals surface area contributed by atoms with Crippen LogP contribution in [0.5, 0.6) is 0 Å². The van der Waals surface area contributed by atoms with Crippen LogP contribution in [-0.4, -0.2) is 34.1 Å². The van der Waals surface area contributed by atoms with Gasteiger partial charge in [0.05, 0.1) is 0 Å². The van der Waals surface area contributed by atoms with Gasteiger partial charge in [-0.15, -0.1) is 0 Å². The molecule has 0 aromatic heterocycles. The standard InChI is InChI=1S/C17H26BrNS2/c1-4-9-19-16(10-14-7-5-6-8-15(14)18)17-11-20-12(2)13(3)21-17/h5-8,12-13,16-17,19H,4,9-11H2,1-3H3. The van der Waals surface area contributed by atoms with Crippen LogP contribution in [0.15, 0.2) is 28.7 Å². The SMILES string of the molecule is CCCNC(Cc1ccccc1Br)C1CSC(C)C(C)S1. The molecule has 1 aromatic rings. The monoisotopic (exact) mass is 387 g/mol. The molecule has 0 bridgehead atoms. The van der Waals surface area contributed by atoms with Gasteiger partial charge in [-0.25, -0.2) is 0 Å². The molecule has 0 saturated carbocycles. The van der Waals surface area contributed by atoms with Crippen molar-refractivity contribution in [2.24, 2.45) is 0 Å². The molecule has 21 heavy (non-hydrogen) atoms. The van der Waals surface area contributed by atoms with Gasteiger partial charge in [-0.2, -0.15) is 23.5 Å². The molecule has 0 radical (unpaired) electrons. The zero-order chi connectivity index (χ0) is 15.2. The quantitative estimate of drug-likeness (QED) is 0.738. The molecule has 118 valence electrons. The summed E-state index contributed by atoms with van der Waals surface area (Å²) in [5, 5.41) is 6.03. The lowest BCUT2D eigenvalue weighted by molar-refractivity contribution is 0.503. The molecule has 1 heterocycles. The highest BCUT2D eigenvalue weighted by molar-refractivity contribution is 9.10. The second kappa shape index (κ2) is 8.85. The Hall–Kier alpha value is 0.360. The van der Waals surface area contributed by atoms with Crippen LogP contribution >= 0.6 is 39.5 Å². The largest absolute Gasteiger partial charge is 0.313 e. The maximum absolute atomic E-state index is 3.80. The smallest absolute Gasteiger partial charge is 0.0298 e. The third-order valence-electron chi connectivity index (χ3n) is 4.08. The average Bonchev–Trinajstić information content (AvgIpc) is 2.48. The molecular weight excluding hydrogens is 362 g/mol. The zero-order valence-corrected chi connectivity index (χ0v) is 16.4. The van der Waals surface area contributed by atoms with Gasteiger partial charge >= 0.3 is 0 Å². The zero-order valence-electron chi connectivity index (χ0n) is 13.1. The minimum absolute atomic E-state index is 0.566. The molecule has 4 unspecified atom stereocenters. The Morgan fingerprint density at radius 3 is 2.71 bits per heavy atom. The fraction of sp³-hybridized carbons (Fsp3) is 0.647. The molecular formula is C17H26BrNS2. The lowest BCUT2D eigenvalue weighted by Gasteiger charge is -2.36. The predicted octanol–water partition coefficient (Wildman–Crippen LogP) is 4.99. The second-order valence-electron chi connectivity index (χ2n) is 5.77. The molecule has 4 atom stereocenters. The summed E-state index contributed by atoms with van der Waals surface area (Å²) in [6.45, 7) is 8.10. The number of rotatable bonds is 6. The molecule has 1 fully saturated rings. The summed E-state index contributed by atoms with van der Waals surface area (Å²) in [7, 11) is 0. The van der Waals surface area contributed by atoms with Crippen LogP contribution in [-0.2, 0) is 6.42 Å². The highest BCUT2D eigenvalue weighted by atomic mass is 79.9. The van der Waals surface area contributed by atoms with E-state index >= 15 is 0 Å². The summed E-state index contributed by atoms with van der Waals surface area (Å²) in [4.78, 5) is 0. The fourth-order valence-electron chi connectivity index (χ4n) is 2.58. The lowest BCUT2D eigenvalue weighted by Crippen LogP contribution is -2.45. The van der Waals surface area contributed by atoms with E-state index in [1.165, 1.54) is 22.2 Å². The summed E-state index contributed by atoms with van der Waals surface area (Å²) in [6, 6.07) is 9.20. The van der Waals surface area contributed by atoms with Gasteiger partial charge in [-0.3, -0.25) is 0 Å². The minimum atomic E-state index is 0.566. The molecule has 4 heteroatoms. The number of thioether (sulfide) groups is 2. The molecule has 1 aliphatic heterocycles. The maximum Gasteiger partial charge on any atom is 0.0298 e. The second-order valence-corrected chi connectivity index (χ2v) is 9.66. The van der Waals surface area contributed by atoms with E-state index in [1.54, 1.807) is 0 Å². The topological polar surface area (TPSA) is 12.0 Å². The Morgan fingerprint density at radius 1 is 1.29 bits per heavy atom. The average molecular weight is 388 g/mol. The van der Waals surface area contributed by atoms with Crippen LogP contribution in [0.1, 0.15) is 32.8 Å². The van der Waals surface area contributed by atoms with Crippen molar-refractivity contribution >= 4 is 39.5 Å². The normalized spacial score (nSPS) is 27.5. The van der Waals surface area contributed by atoms with Crippen molar-refractivity contribution < 1.29 is 0 Å². The van der Waals surface area contributed by atoms with E-state index in [1.807, 2.05) is 0 Å². The fourth-order valence-corrected chi connectivity index (χ4v) is 6.16. The maximum atomic E-state index is 3.80. The van der Waals surface area contributed by atoms with Gasteiger partial charge in [0.15, 0.2) is 0 Å². The van der Waals surface area contributed by atoms with E-state index in [-0.39, 0.29) is 0 Å². The molecule has 1 aromatic carbocycles. The van der Waals surface area contributed by atoms with E-state index in [9.17, 15) is 0 Å². The first-order valence-electron chi connectivity index (χ1n) is 7.85. The van der Waals surface area contributed by atoms with E-state index < -0.39 is 0 Å². The van der Waals surface area contributed by atoms with Gasteiger partial charge in [0.2, 0.25) is 0 Å². The van der Waals surface area contributed by atoms with Crippen LogP contribution in [0.3, 0.4) is 0 Å². The molecule has 0 amide bonds. The van der Waals surface area contributed by atoms with Gasteiger partial charge in [0, 0.05) is 32.0 Å². The Kier molecular flexibility index (Phi) is 7.47. The summed E-state index contributed by atoms with van der Waals surface area (Å²) >= 11 is 8.02. The van der Waals surface area contributed by atoms with Crippen LogP contribution in [0, 0.1) is 0 Å². The van der Waals surface area contributed by atoms with Gasteiger partial charge in [-0.05, 0) is 31.0 Å². The molecule has 1 saturated heterocycles. The molecule has 0 aliphatic carbocycles. The van der Waals surface area contributed by atoms with Gasteiger partial charge in [0.1, 0.15) is 0 Å². The minimum Gasteiger partial charge on any atom is -0.313 e. The third-order valence-corrected chi connectivity index (χ3v) is 8.40. The highest BCUT2D eigenvalue weighted by Crippen LogP contribution is 2.38. The van der Waals surface area contributed by atoms with Crippen molar-refractivity contribution in [1.29, 1.82) is 0 Å². The Labute approximate surface area is 146 Å². The van der Waals surface area contributed by atoms with E-state index in [0.717, 1.165) is 23.5 Å². The molecule has 2 rings (SSSR count). The molecule has 1 nitrogen and oxygen atoms in total. The van der Waals surface area contributed by atoms with Crippen molar-refractivity contribution in [2.45, 2.75) is 55.4 Å². The number of hydrogen-bond acceptors (Lipinski definition) is 3. The summed E-state index contributed by atoms with van der Waals surface area (Å²) in [5.74, 6) is 1.27. The van der Waals surface area contributed by atoms with Crippen LogP contribution < -0.4 is 5.32 Å². The van der Waals surface area contributed by atoms with Crippen LogP contribution in [0.25, 0.3) is 0 Å². The summed E-state index contributed by atoms with van der Waals surface area (Å²) in [5.41, 5.74) is 1.42. The molecule has 1 N–H and O–H groups in total. The number of hydrogen-bond donors (Lipinski definition) is 1. The van der Waals surface area contributed by atoms with Gasteiger partial charge < -0.3 is 5.32 Å². The number of nitrogens with one attached hydrogen (secondary N) is 1. The highest BCUT2D eigenvalue weighted by Gasteiger charge is 2.31. The lowest BCUT2D eigenvalue weighted by atomic mass is 10.0. The first-order chi connectivity index (χ1) is 10.1. The van der Waals surface area contributed by atoms with Gasteiger partial charge in [0.25, 0.3) is 0 Å². The Bertz CT molecular complexity index is 441. The summed E-state index contributed by atoms with van der Waals surface area (Å²) in [6.07, 6.45) is 2.31. The van der Waals surface area contributed by atoms with Crippen molar-refractivity contribution in [3.63, 3.8) is 0 Å². The van der Waals surface area contributed by atoms with Gasteiger partial charge in [-0.1, -0.05) is 54.9 Å². The van der Waals surface area contributed by atoms with Crippen molar-refractivity contribution in [2.75, 3.05) is 12.3 Å². The summed E-state index contributed by atoms with van der Waals surface area (Å²) < 4.78 is 1.24. The third kappa shape index (κ3) is 5.19. The van der Waals surface area contributed by atoms with Crippen LogP contribution in [0.4, 0.5) is 0 Å². The van der Waals surface area contributed by atoms with Crippen molar-refractivity contribution in [1.82, 2.24) is 5.32 Å². The van der Waals surface area contributed by atoms with Crippen LogP contribution in [0.2, 0.25) is 0 Å². The number of halogens is 1. The van der Waals surface area contributed by atoms with E-state index in [4.69, 9.17) is 0 Å². The first-order valence-corrected chi connectivity index (χ1v) is 10.6. The van der Waals surface area contributed by atoms with E-state index in [0.29, 0.717) is 11.3 Å². The Balaban J connectivity index is 2.05. The predicted molar refractivity (Wildman–Crippen MR) is 103 cm³/mol. The first kappa shape index (κ1) is 17.7. The molecule has 0 spiro atoms. The van der Waals surface area contributed by atoms with E-state index in [2.05, 4.69) is 89.8 Å². The molecule has 1 aliphatic rings. The number of benzene rings is 1. The van der Waals surface area contributed by atoms with Crippen molar-refractivity contribution in [3.8, 4) is 0 Å². The Morgan fingerprint density at radius 2 is 2.05 bits per heavy atom. The van der Waals surface area contributed by atoms with Crippen molar-refractivity contribution in [3.05, 3.63) is 34.3 Å².